The predicted octanol–water partition coefficient (Wildman–Crippen LogP) is 2.84. The van der Waals surface area contributed by atoms with Crippen molar-refractivity contribution in [3.05, 3.63) is 28.1 Å². The molecule has 0 amide bonds. The summed E-state index contributed by atoms with van der Waals surface area (Å²) in [4.78, 5) is 10.9. The number of benzene rings is 1. The molecule has 0 fully saturated rings. The van der Waals surface area contributed by atoms with Crippen LogP contribution in [0.2, 0.25) is 5.02 Å². The highest BCUT2D eigenvalue weighted by Gasteiger charge is 2.14. The first-order valence-corrected chi connectivity index (χ1v) is 5.00. The molecule has 2 rings (SSSR count). The van der Waals surface area contributed by atoms with Crippen molar-refractivity contribution in [2.75, 3.05) is 5.73 Å². The normalized spacial score (nSPS) is 10.6. The fourth-order valence-corrected chi connectivity index (χ4v) is 2.36. The smallest absolute Gasteiger partial charge is 0.348 e. The summed E-state index contributed by atoms with van der Waals surface area (Å²) in [6.07, 6.45) is 0. The Hall–Kier alpha value is -1.26. The zero-order valence-corrected chi connectivity index (χ0v) is 8.52. The Morgan fingerprint density at radius 1 is 1.50 bits per heavy atom. The Kier molecular flexibility index (Phi) is 2.09. The number of aromatic carboxylic acids is 1. The highest BCUT2D eigenvalue weighted by atomic mass is 35.5. The molecule has 0 atom stereocenters. The molecule has 0 unspecified atom stereocenters. The summed E-state index contributed by atoms with van der Waals surface area (Å²) in [5.74, 6) is -1.00. The fourth-order valence-electron chi connectivity index (χ4n) is 1.25. The van der Waals surface area contributed by atoms with Gasteiger partial charge in [0.25, 0.3) is 0 Å². The summed E-state index contributed by atoms with van der Waals surface area (Å²) in [5, 5.41) is 10.1. The molecule has 3 N–H and O–H groups in total. The van der Waals surface area contributed by atoms with Gasteiger partial charge in [-0.15, -0.1) is 11.3 Å². The van der Waals surface area contributed by atoms with Crippen LogP contribution in [0.5, 0.6) is 0 Å². The zero-order valence-electron chi connectivity index (χ0n) is 6.95. The van der Waals surface area contributed by atoms with Gasteiger partial charge in [0.2, 0.25) is 0 Å². The lowest BCUT2D eigenvalue weighted by atomic mass is 10.2. The largest absolute Gasteiger partial charge is 0.477 e. The van der Waals surface area contributed by atoms with Gasteiger partial charge in [-0.25, -0.2) is 4.79 Å². The molecular formula is C9H6ClNO2S. The summed E-state index contributed by atoms with van der Waals surface area (Å²) >= 11 is 6.94. The summed E-state index contributed by atoms with van der Waals surface area (Å²) in [6.45, 7) is 0. The van der Waals surface area contributed by atoms with E-state index in [9.17, 15) is 4.79 Å². The third kappa shape index (κ3) is 1.32. The number of carbonyl (C=O) groups is 1. The first-order chi connectivity index (χ1) is 6.59. The van der Waals surface area contributed by atoms with Crippen LogP contribution in [0, 0.1) is 0 Å². The molecular weight excluding hydrogens is 222 g/mol. The summed E-state index contributed by atoms with van der Waals surface area (Å²) in [6, 6.07) is 5.16. The average Bonchev–Trinajstić information content (AvgIpc) is 2.44. The number of rotatable bonds is 1. The standard InChI is InChI=1S/C9H6ClNO2S/c10-4-1-2-6-5(3-4)7(11)8(14-6)9(12)13/h1-3H,11H2,(H,12,13). The molecule has 0 bridgehead atoms. The first-order valence-electron chi connectivity index (χ1n) is 3.80. The molecule has 14 heavy (non-hydrogen) atoms. The average molecular weight is 228 g/mol. The van der Waals surface area contributed by atoms with E-state index in [2.05, 4.69) is 0 Å². The molecule has 3 nitrogen and oxygen atoms in total. The molecule has 2 aromatic rings. The lowest BCUT2D eigenvalue weighted by Crippen LogP contribution is -1.96. The van der Waals surface area contributed by atoms with Crippen molar-refractivity contribution in [2.45, 2.75) is 0 Å². The van der Waals surface area contributed by atoms with E-state index in [1.165, 1.54) is 0 Å². The SMILES string of the molecule is Nc1c(C(=O)O)sc2ccc(Cl)cc12. The molecule has 72 valence electrons. The third-order valence-electron chi connectivity index (χ3n) is 1.88. The van der Waals surface area contributed by atoms with E-state index in [-0.39, 0.29) is 4.88 Å². The molecule has 0 radical (unpaired) electrons. The van der Waals surface area contributed by atoms with E-state index in [4.69, 9.17) is 22.4 Å². The number of nitrogens with two attached hydrogens (primary N) is 1. The van der Waals surface area contributed by atoms with Crippen molar-refractivity contribution in [1.29, 1.82) is 0 Å². The van der Waals surface area contributed by atoms with Crippen LogP contribution in [-0.2, 0) is 0 Å². The van der Waals surface area contributed by atoms with Crippen molar-refractivity contribution in [2.24, 2.45) is 0 Å². The summed E-state index contributed by atoms with van der Waals surface area (Å²) in [5.41, 5.74) is 5.97. The molecule has 1 aromatic heterocycles. The minimum absolute atomic E-state index is 0.169. The van der Waals surface area contributed by atoms with Gasteiger partial charge in [-0.1, -0.05) is 11.6 Å². The number of anilines is 1. The lowest BCUT2D eigenvalue weighted by Gasteiger charge is -1.92. The summed E-state index contributed by atoms with van der Waals surface area (Å²) < 4.78 is 0.837. The second-order valence-electron chi connectivity index (χ2n) is 2.79. The number of hydrogen-bond donors (Lipinski definition) is 2. The number of halogens is 1. The maximum atomic E-state index is 10.8. The van der Waals surface area contributed by atoms with E-state index < -0.39 is 5.97 Å². The Bertz CT molecular complexity index is 521. The van der Waals surface area contributed by atoms with E-state index in [0.717, 1.165) is 16.0 Å². The van der Waals surface area contributed by atoms with Crippen LogP contribution in [0.15, 0.2) is 18.2 Å². The second kappa shape index (κ2) is 3.15. The van der Waals surface area contributed by atoms with Gasteiger partial charge >= 0.3 is 5.97 Å². The molecule has 0 aliphatic carbocycles. The monoisotopic (exact) mass is 227 g/mol. The fraction of sp³-hybridized carbons (Fsp3) is 0. The van der Waals surface area contributed by atoms with Crippen molar-refractivity contribution in [1.82, 2.24) is 0 Å². The third-order valence-corrected chi connectivity index (χ3v) is 3.29. The van der Waals surface area contributed by atoms with Crippen LogP contribution >= 0.6 is 22.9 Å². The Labute approximate surface area is 88.7 Å². The van der Waals surface area contributed by atoms with Crippen molar-refractivity contribution in [3.63, 3.8) is 0 Å². The van der Waals surface area contributed by atoms with Crippen LogP contribution in [0.1, 0.15) is 9.67 Å². The van der Waals surface area contributed by atoms with Gasteiger partial charge in [-0.2, -0.15) is 0 Å². The van der Waals surface area contributed by atoms with Gasteiger partial charge in [0.05, 0.1) is 5.69 Å². The van der Waals surface area contributed by atoms with Crippen LogP contribution in [-0.4, -0.2) is 11.1 Å². The van der Waals surface area contributed by atoms with Gasteiger partial charge in [-0.05, 0) is 18.2 Å². The minimum Gasteiger partial charge on any atom is -0.477 e. The quantitative estimate of drug-likeness (QED) is 0.788. The molecule has 0 aliphatic rings. The Morgan fingerprint density at radius 2 is 2.21 bits per heavy atom. The molecule has 0 saturated heterocycles. The maximum absolute atomic E-state index is 10.8. The molecule has 1 aromatic carbocycles. The number of fused-ring (bicyclic) bond motifs is 1. The Morgan fingerprint density at radius 3 is 2.86 bits per heavy atom. The molecule has 0 aliphatic heterocycles. The van der Waals surface area contributed by atoms with Gasteiger partial charge in [-0.3, -0.25) is 0 Å². The van der Waals surface area contributed by atoms with E-state index >= 15 is 0 Å². The minimum atomic E-state index is -1.00. The second-order valence-corrected chi connectivity index (χ2v) is 4.28. The van der Waals surface area contributed by atoms with E-state index in [1.807, 2.05) is 0 Å². The first kappa shape index (κ1) is 9.30. The zero-order chi connectivity index (χ0) is 10.3. The molecule has 1 heterocycles. The number of hydrogen-bond acceptors (Lipinski definition) is 3. The molecule has 5 heteroatoms. The number of carboxylic acid groups (broad SMARTS) is 1. The maximum Gasteiger partial charge on any atom is 0.348 e. The predicted molar refractivity (Wildman–Crippen MR) is 58.2 cm³/mol. The van der Waals surface area contributed by atoms with Crippen LogP contribution in [0.3, 0.4) is 0 Å². The molecule has 0 saturated carbocycles. The highest BCUT2D eigenvalue weighted by Crippen LogP contribution is 2.34. The number of carboxylic acids is 1. The van der Waals surface area contributed by atoms with Gasteiger partial charge < -0.3 is 10.8 Å². The number of thiophene rings is 1. The topological polar surface area (TPSA) is 63.3 Å². The van der Waals surface area contributed by atoms with Crippen LogP contribution in [0.4, 0.5) is 5.69 Å². The van der Waals surface area contributed by atoms with Gasteiger partial charge in [0.1, 0.15) is 4.88 Å². The van der Waals surface area contributed by atoms with Crippen molar-refractivity contribution >= 4 is 44.7 Å². The molecule has 0 spiro atoms. The van der Waals surface area contributed by atoms with Crippen molar-refractivity contribution < 1.29 is 9.90 Å². The van der Waals surface area contributed by atoms with Crippen molar-refractivity contribution in [3.8, 4) is 0 Å². The van der Waals surface area contributed by atoms with Gasteiger partial charge in [0, 0.05) is 15.1 Å². The lowest BCUT2D eigenvalue weighted by molar-refractivity contribution is 0.0703. The van der Waals surface area contributed by atoms with Crippen LogP contribution in [0.25, 0.3) is 10.1 Å². The van der Waals surface area contributed by atoms with Gasteiger partial charge in [0.15, 0.2) is 0 Å². The number of nitrogen functional groups attached to an aromatic ring is 1. The highest BCUT2D eigenvalue weighted by molar-refractivity contribution is 7.21. The summed E-state index contributed by atoms with van der Waals surface area (Å²) in [7, 11) is 0. The van der Waals surface area contributed by atoms with E-state index in [1.54, 1.807) is 18.2 Å². The Balaban J connectivity index is 2.80. The van der Waals surface area contributed by atoms with Crippen LogP contribution < -0.4 is 5.73 Å². The van der Waals surface area contributed by atoms with E-state index in [0.29, 0.717) is 16.1 Å².